The molecule has 0 aliphatic heterocycles. The molecule has 1 N–H and O–H groups in total. The average molecular weight is 237 g/mol. The SMILES string of the molecule is CCc1nc([C@@H]2CCC[C@@H](C)C2)oc1C(=O)O. The topological polar surface area (TPSA) is 63.3 Å². The standard InChI is InChI=1S/C13H19NO3/c1-3-10-11(13(15)16)17-12(14-10)9-6-4-5-8(2)7-9/h8-9H,3-7H2,1-2H3,(H,15,16)/t8-,9-/m1/s1. The van der Waals surface area contributed by atoms with E-state index in [1.54, 1.807) is 0 Å². The predicted octanol–water partition coefficient (Wildman–Crippen LogP) is 3.23. The van der Waals surface area contributed by atoms with E-state index in [0.29, 0.717) is 29.8 Å². The molecule has 94 valence electrons. The van der Waals surface area contributed by atoms with Gasteiger partial charge in [0.15, 0.2) is 5.89 Å². The summed E-state index contributed by atoms with van der Waals surface area (Å²) < 4.78 is 5.44. The first-order valence-corrected chi connectivity index (χ1v) is 6.34. The Bertz CT molecular complexity index is 411. The van der Waals surface area contributed by atoms with Gasteiger partial charge in [-0.1, -0.05) is 26.7 Å². The molecule has 1 aliphatic carbocycles. The molecule has 0 unspecified atom stereocenters. The molecule has 2 atom stereocenters. The van der Waals surface area contributed by atoms with Gasteiger partial charge in [-0.15, -0.1) is 0 Å². The van der Waals surface area contributed by atoms with Gasteiger partial charge in [0.1, 0.15) is 0 Å². The number of aryl methyl sites for hydroxylation is 1. The molecule has 1 saturated carbocycles. The van der Waals surface area contributed by atoms with Crippen LogP contribution in [0.4, 0.5) is 0 Å². The van der Waals surface area contributed by atoms with E-state index in [-0.39, 0.29) is 5.76 Å². The quantitative estimate of drug-likeness (QED) is 0.876. The van der Waals surface area contributed by atoms with E-state index in [1.807, 2.05) is 6.92 Å². The van der Waals surface area contributed by atoms with Crippen LogP contribution in [0.3, 0.4) is 0 Å². The summed E-state index contributed by atoms with van der Waals surface area (Å²) in [4.78, 5) is 15.4. The molecule has 0 spiro atoms. The lowest BCUT2D eigenvalue weighted by atomic mass is 9.82. The van der Waals surface area contributed by atoms with Crippen LogP contribution in [-0.2, 0) is 6.42 Å². The van der Waals surface area contributed by atoms with Gasteiger partial charge in [0.05, 0.1) is 5.69 Å². The third-order valence-corrected chi connectivity index (χ3v) is 3.53. The first-order valence-electron chi connectivity index (χ1n) is 6.34. The zero-order valence-electron chi connectivity index (χ0n) is 10.4. The van der Waals surface area contributed by atoms with Crippen LogP contribution >= 0.6 is 0 Å². The number of aromatic carboxylic acids is 1. The van der Waals surface area contributed by atoms with Gasteiger partial charge < -0.3 is 9.52 Å². The summed E-state index contributed by atoms with van der Waals surface area (Å²) in [7, 11) is 0. The Kier molecular flexibility index (Phi) is 3.50. The van der Waals surface area contributed by atoms with Gasteiger partial charge in [-0.25, -0.2) is 9.78 Å². The van der Waals surface area contributed by atoms with E-state index in [0.717, 1.165) is 12.8 Å². The fourth-order valence-corrected chi connectivity index (χ4v) is 2.61. The molecular formula is C13H19NO3. The molecule has 1 fully saturated rings. The van der Waals surface area contributed by atoms with Crippen LogP contribution in [0.5, 0.6) is 0 Å². The Hall–Kier alpha value is -1.32. The summed E-state index contributed by atoms with van der Waals surface area (Å²) in [5.41, 5.74) is 0.575. The van der Waals surface area contributed by atoms with Crippen molar-refractivity contribution in [2.24, 2.45) is 5.92 Å². The summed E-state index contributed by atoms with van der Waals surface area (Å²) in [6, 6.07) is 0. The maximum Gasteiger partial charge on any atom is 0.373 e. The zero-order chi connectivity index (χ0) is 12.4. The largest absolute Gasteiger partial charge is 0.475 e. The molecule has 0 amide bonds. The molecule has 0 radical (unpaired) electrons. The molecule has 1 aromatic heterocycles. The smallest absolute Gasteiger partial charge is 0.373 e. The van der Waals surface area contributed by atoms with Gasteiger partial charge in [0, 0.05) is 5.92 Å². The molecular weight excluding hydrogens is 218 g/mol. The molecule has 0 saturated heterocycles. The van der Waals surface area contributed by atoms with Gasteiger partial charge in [-0.05, 0) is 25.2 Å². The van der Waals surface area contributed by atoms with Crippen molar-refractivity contribution in [2.75, 3.05) is 0 Å². The maximum atomic E-state index is 11.0. The van der Waals surface area contributed by atoms with Crippen molar-refractivity contribution in [1.82, 2.24) is 4.98 Å². The summed E-state index contributed by atoms with van der Waals surface area (Å²) in [6.45, 7) is 4.13. The zero-order valence-corrected chi connectivity index (χ0v) is 10.4. The van der Waals surface area contributed by atoms with Gasteiger partial charge in [0.2, 0.25) is 5.76 Å². The number of aromatic nitrogens is 1. The number of rotatable bonds is 3. The molecule has 1 aliphatic rings. The van der Waals surface area contributed by atoms with Gasteiger partial charge >= 0.3 is 5.97 Å². The van der Waals surface area contributed by atoms with Crippen LogP contribution in [0.2, 0.25) is 0 Å². The van der Waals surface area contributed by atoms with Crippen molar-refractivity contribution in [3.8, 4) is 0 Å². The molecule has 17 heavy (non-hydrogen) atoms. The number of nitrogens with zero attached hydrogens (tertiary/aromatic N) is 1. The number of carbonyl (C=O) groups is 1. The minimum absolute atomic E-state index is 0.0285. The van der Waals surface area contributed by atoms with E-state index in [9.17, 15) is 4.79 Å². The lowest BCUT2D eigenvalue weighted by molar-refractivity contribution is 0.0657. The highest BCUT2D eigenvalue weighted by molar-refractivity contribution is 5.85. The average Bonchev–Trinajstić information content (AvgIpc) is 2.73. The molecule has 0 aromatic carbocycles. The highest BCUT2D eigenvalue weighted by Crippen LogP contribution is 2.36. The third-order valence-electron chi connectivity index (χ3n) is 3.53. The molecule has 1 aromatic rings. The second-order valence-corrected chi connectivity index (χ2v) is 4.96. The van der Waals surface area contributed by atoms with Gasteiger partial charge in [-0.2, -0.15) is 0 Å². The third kappa shape index (κ3) is 2.51. The normalized spacial score (nSPS) is 24.8. The van der Waals surface area contributed by atoms with Crippen LogP contribution in [0.1, 0.15) is 67.6 Å². The highest BCUT2D eigenvalue weighted by Gasteiger charge is 2.27. The predicted molar refractivity (Wildman–Crippen MR) is 63.2 cm³/mol. The summed E-state index contributed by atoms with van der Waals surface area (Å²) >= 11 is 0. The van der Waals surface area contributed by atoms with E-state index in [4.69, 9.17) is 9.52 Å². The molecule has 4 nitrogen and oxygen atoms in total. The number of oxazole rings is 1. The van der Waals surface area contributed by atoms with Gasteiger partial charge in [0.25, 0.3) is 0 Å². The Labute approximate surface area is 101 Å². The van der Waals surface area contributed by atoms with Crippen LogP contribution in [0, 0.1) is 5.92 Å². The second-order valence-electron chi connectivity index (χ2n) is 4.96. The Balaban J connectivity index is 2.23. The van der Waals surface area contributed by atoms with Crippen LogP contribution < -0.4 is 0 Å². The maximum absolute atomic E-state index is 11.0. The molecule has 1 heterocycles. The first-order chi connectivity index (χ1) is 8.11. The number of hydrogen-bond donors (Lipinski definition) is 1. The lowest BCUT2D eigenvalue weighted by Crippen LogP contribution is -2.11. The molecule has 4 heteroatoms. The fourth-order valence-electron chi connectivity index (χ4n) is 2.61. The van der Waals surface area contributed by atoms with E-state index in [2.05, 4.69) is 11.9 Å². The second kappa shape index (κ2) is 4.90. The van der Waals surface area contributed by atoms with E-state index < -0.39 is 5.97 Å². The monoisotopic (exact) mass is 237 g/mol. The molecule has 2 rings (SSSR count). The summed E-state index contributed by atoms with van der Waals surface area (Å²) in [5, 5.41) is 9.03. The Morgan fingerprint density at radius 2 is 2.29 bits per heavy atom. The lowest BCUT2D eigenvalue weighted by Gasteiger charge is -2.24. The molecule has 0 bridgehead atoms. The van der Waals surface area contributed by atoms with Crippen molar-refractivity contribution in [2.45, 2.75) is 51.9 Å². The van der Waals surface area contributed by atoms with Crippen LogP contribution in [-0.4, -0.2) is 16.1 Å². The Morgan fingerprint density at radius 3 is 2.82 bits per heavy atom. The van der Waals surface area contributed by atoms with Crippen molar-refractivity contribution in [3.63, 3.8) is 0 Å². The number of carboxylic acid groups (broad SMARTS) is 1. The van der Waals surface area contributed by atoms with E-state index in [1.165, 1.54) is 12.8 Å². The van der Waals surface area contributed by atoms with Gasteiger partial charge in [-0.3, -0.25) is 0 Å². The summed E-state index contributed by atoms with van der Waals surface area (Å²) in [5.74, 6) is 0.632. The van der Waals surface area contributed by atoms with Crippen LogP contribution in [0.25, 0.3) is 0 Å². The van der Waals surface area contributed by atoms with Crippen molar-refractivity contribution in [1.29, 1.82) is 0 Å². The number of hydrogen-bond acceptors (Lipinski definition) is 3. The Morgan fingerprint density at radius 1 is 1.53 bits per heavy atom. The first kappa shape index (κ1) is 12.1. The highest BCUT2D eigenvalue weighted by atomic mass is 16.4. The van der Waals surface area contributed by atoms with Crippen molar-refractivity contribution in [3.05, 3.63) is 17.3 Å². The van der Waals surface area contributed by atoms with Crippen LogP contribution in [0.15, 0.2) is 4.42 Å². The van der Waals surface area contributed by atoms with E-state index >= 15 is 0 Å². The van der Waals surface area contributed by atoms with Crippen molar-refractivity contribution >= 4 is 5.97 Å². The van der Waals surface area contributed by atoms with Crippen molar-refractivity contribution < 1.29 is 14.3 Å². The summed E-state index contributed by atoms with van der Waals surface area (Å²) in [6.07, 6.45) is 5.16. The fraction of sp³-hybridized carbons (Fsp3) is 0.692. The minimum Gasteiger partial charge on any atom is -0.475 e. The minimum atomic E-state index is -1.01. The number of carboxylic acids is 1.